The summed E-state index contributed by atoms with van der Waals surface area (Å²) in [6, 6.07) is 6.30. The Balaban J connectivity index is 1.35. The van der Waals surface area contributed by atoms with Crippen LogP contribution in [0.25, 0.3) is 0 Å². The summed E-state index contributed by atoms with van der Waals surface area (Å²) in [6.45, 7) is 17.4. The van der Waals surface area contributed by atoms with E-state index in [-0.39, 0.29) is 80.0 Å². The number of carbonyl (C=O) groups excluding carboxylic acids is 3. The molecule has 0 bridgehead atoms. The quantitative estimate of drug-likeness (QED) is 0.202. The molecule has 0 aromatic heterocycles. The fourth-order valence-corrected chi connectivity index (χ4v) is 11.8. The Bertz CT molecular complexity index is 1530. The highest BCUT2D eigenvalue weighted by Gasteiger charge is 2.70. The van der Waals surface area contributed by atoms with Crippen LogP contribution in [0, 0.1) is 60.4 Å². The molecule has 1 N–H and O–H groups in total. The Kier molecular flexibility index (Phi) is 7.50. The SMILES string of the molecule is CC(=O)O[C@@H]1CC[C@]2(C)[C@H](CC[C@]3(C)[C@@H]2C(=O)C=C2[C@@H]4C[C@](C)(C(=O)Nc5ccccc5[N+](=O)[O-])CC[C@]4(C)CC[C@@]23C)C1(C)C. The first-order valence-electron chi connectivity index (χ1n) is 17.3. The van der Waals surface area contributed by atoms with E-state index >= 15 is 0 Å². The minimum absolute atomic E-state index is 0.0153. The molecule has 9 atom stereocenters. The molecule has 46 heavy (non-hydrogen) atoms. The van der Waals surface area contributed by atoms with Gasteiger partial charge >= 0.3 is 5.97 Å². The molecule has 5 aliphatic carbocycles. The van der Waals surface area contributed by atoms with E-state index in [4.69, 9.17) is 4.74 Å². The van der Waals surface area contributed by atoms with E-state index in [2.05, 4.69) is 46.9 Å². The van der Waals surface area contributed by atoms with Crippen LogP contribution in [-0.4, -0.2) is 28.7 Å². The largest absolute Gasteiger partial charge is 0.462 e. The lowest BCUT2D eigenvalue weighted by Crippen LogP contribution is -2.66. The predicted octanol–water partition coefficient (Wildman–Crippen LogP) is 8.45. The van der Waals surface area contributed by atoms with Crippen molar-refractivity contribution >= 4 is 29.0 Å². The Labute approximate surface area is 273 Å². The smallest absolute Gasteiger partial charge is 0.302 e. The topological polar surface area (TPSA) is 116 Å². The van der Waals surface area contributed by atoms with Gasteiger partial charge in [-0.1, -0.05) is 66.2 Å². The summed E-state index contributed by atoms with van der Waals surface area (Å²) >= 11 is 0. The predicted molar refractivity (Wildman–Crippen MR) is 177 cm³/mol. The first-order chi connectivity index (χ1) is 21.3. The molecular weight excluding hydrogens is 580 g/mol. The standard InChI is InChI=1S/C38H52N2O6/c1-23(41)46-30-14-15-36(6)29(33(30,2)3)13-16-38(8)31(36)28(42)21-24-25-22-35(5,18-17-34(25,4)19-20-37(24,38)7)32(43)39-26-11-9-10-12-27(26)40(44)45/h9-12,21,25,29-31H,13-20,22H2,1-8H3,(H,39,43)/t25-,29+,30+,31+,34+,35+,36+,37-,38+/m0/s1. The van der Waals surface area contributed by atoms with Crippen molar-refractivity contribution < 1.29 is 24.0 Å². The maximum Gasteiger partial charge on any atom is 0.302 e. The second kappa shape index (κ2) is 10.5. The number of benzene rings is 1. The fourth-order valence-electron chi connectivity index (χ4n) is 11.8. The summed E-state index contributed by atoms with van der Waals surface area (Å²) in [7, 11) is 0. The highest BCUT2D eigenvalue weighted by molar-refractivity contribution is 5.98. The molecule has 6 rings (SSSR count). The van der Waals surface area contributed by atoms with Gasteiger partial charge in [-0.05, 0) is 103 Å². The minimum atomic E-state index is -0.726. The van der Waals surface area contributed by atoms with Gasteiger partial charge < -0.3 is 10.1 Å². The average Bonchev–Trinajstić information content (AvgIpc) is 2.96. The Morgan fingerprint density at radius 1 is 0.935 bits per heavy atom. The minimum Gasteiger partial charge on any atom is -0.462 e. The Morgan fingerprint density at radius 2 is 1.61 bits per heavy atom. The van der Waals surface area contributed by atoms with Crippen LogP contribution in [0.3, 0.4) is 0 Å². The molecule has 250 valence electrons. The number of amides is 1. The number of rotatable bonds is 4. The molecule has 8 heteroatoms. The second-order valence-electron chi connectivity index (χ2n) is 17.4. The Hall–Kier alpha value is -3.03. The summed E-state index contributed by atoms with van der Waals surface area (Å²) in [5.41, 5.74) is -0.263. The summed E-state index contributed by atoms with van der Waals surface area (Å²) in [4.78, 5) is 51.8. The summed E-state index contributed by atoms with van der Waals surface area (Å²) < 4.78 is 5.86. The number of allylic oxidation sites excluding steroid dienone is 2. The summed E-state index contributed by atoms with van der Waals surface area (Å²) in [5, 5.41) is 14.6. The van der Waals surface area contributed by atoms with Gasteiger partial charge in [0.2, 0.25) is 5.91 Å². The highest BCUT2D eigenvalue weighted by Crippen LogP contribution is 2.75. The maximum atomic E-state index is 14.7. The van der Waals surface area contributed by atoms with Gasteiger partial charge in [-0.2, -0.15) is 0 Å². The fraction of sp³-hybridized carbons (Fsp3) is 0.711. The molecule has 5 aliphatic rings. The van der Waals surface area contributed by atoms with Crippen LogP contribution in [0.1, 0.15) is 113 Å². The molecule has 0 spiro atoms. The summed E-state index contributed by atoms with van der Waals surface area (Å²) in [5.74, 6) is 0.0107. The number of fused-ring (bicyclic) bond motifs is 7. The normalized spacial score (nSPS) is 42.7. The molecule has 8 nitrogen and oxygen atoms in total. The van der Waals surface area contributed by atoms with E-state index in [1.165, 1.54) is 18.6 Å². The van der Waals surface area contributed by atoms with Gasteiger partial charge in [0.25, 0.3) is 5.69 Å². The van der Waals surface area contributed by atoms with Gasteiger partial charge in [0.05, 0.1) is 4.92 Å². The van der Waals surface area contributed by atoms with Gasteiger partial charge in [0.15, 0.2) is 5.78 Å². The van der Waals surface area contributed by atoms with E-state index in [0.717, 1.165) is 44.9 Å². The highest BCUT2D eigenvalue weighted by atomic mass is 16.6. The zero-order chi connectivity index (χ0) is 33.7. The molecular formula is C38H52N2O6. The number of nitrogens with one attached hydrogen (secondary N) is 1. The van der Waals surface area contributed by atoms with E-state index in [0.29, 0.717) is 12.8 Å². The molecule has 0 radical (unpaired) electrons. The molecule has 1 amide bonds. The van der Waals surface area contributed by atoms with Crippen LogP contribution < -0.4 is 5.32 Å². The number of esters is 1. The molecule has 0 unspecified atom stereocenters. The lowest BCUT2D eigenvalue weighted by atomic mass is 9.33. The van der Waals surface area contributed by atoms with Crippen molar-refractivity contribution in [2.45, 2.75) is 119 Å². The lowest BCUT2D eigenvalue weighted by molar-refractivity contribution is -0.383. The van der Waals surface area contributed by atoms with Crippen molar-refractivity contribution in [3.8, 4) is 0 Å². The number of hydrogen-bond acceptors (Lipinski definition) is 6. The third kappa shape index (κ3) is 4.55. The van der Waals surface area contributed by atoms with Crippen molar-refractivity contribution in [3.63, 3.8) is 0 Å². The third-order valence-electron chi connectivity index (χ3n) is 14.7. The monoisotopic (exact) mass is 632 g/mol. The first kappa shape index (κ1) is 32.9. The van der Waals surface area contributed by atoms with Gasteiger partial charge in [0, 0.05) is 29.7 Å². The summed E-state index contributed by atoms with van der Waals surface area (Å²) in [6.07, 6.45) is 9.65. The van der Waals surface area contributed by atoms with Crippen molar-refractivity contribution in [2.75, 3.05) is 5.32 Å². The van der Waals surface area contributed by atoms with Gasteiger partial charge in [-0.15, -0.1) is 0 Å². The third-order valence-corrected chi connectivity index (χ3v) is 14.7. The maximum absolute atomic E-state index is 14.7. The van der Waals surface area contributed by atoms with E-state index in [1.54, 1.807) is 18.2 Å². The number of ether oxygens (including phenoxy) is 1. The Morgan fingerprint density at radius 3 is 2.28 bits per heavy atom. The molecule has 1 aromatic rings. The zero-order valence-corrected chi connectivity index (χ0v) is 29.0. The number of nitro groups is 1. The van der Waals surface area contributed by atoms with Crippen LogP contribution in [0.2, 0.25) is 0 Å². The molecule has 4 saturated carbocycles. The van der Waals surface area contributed by atoms with Gasteiger partial charge in [-0.25, -0.2) is 0 Å². The first-order valence-corrected chi connectivity index (χ1v) is 17.3. The van der Waals surface area contributed by atoms with Crippen molar-refractivity contribution in [3.05, 3.63) is 46.0 Å². The number of nitrogens with zero attached hydrogens (tertiary/aromatic N) is 1. The van der Waals surface area contributed by atoms with E-state index < -0.39 is 10.3 Å². The van der Waals surface area contributed by atoms with Gasteiger partial charge in [0.1, 0.15) is 11.8 Å². The van der Waals surface area contributed by atoms with Crippen molar-refractivity contribution in [1.82, 2.24) is 0 Å². The number of anilines is 1. The lowest BCUT2D eigenvalue weighted by Gasteiger charge is -2.70. The molecule has 0 heterocycles. The number of carbonyl (C=O) groups is 3. The number of hydrogen-bond donors (Lipinski definition) is 1. The number of para-hydroxylation sites is 2. The van der Waals surface area contributed by atoms with E-state index in [1.807, 2.05) is 13.0 Å². The van der Waals surface area contributed by atoms with Crippen LogP contribution in [0.5, 0.6) is 0 Å². The van der Waals surface area contributed by atoms with Crippen LogP contribution in [0.15, 0.2) is 35.9 Å². The van der Waals surface area contributed by atoms with Gasteiger partial charge in [-0.3, -0.25) is 24.5 Å². The number of nitro benzene ring substituents is 1. The molecule has 0 saturated heterocycles. The van der Waals surface area contributed by atoms with Crippen LogP contribution in [0.4, 0.5) is 11.4 Å². The van der Waals surface area contributed by atoms with Crippen LogP contribution in [-0.2, 0) is 19.1 Å². The number of ketones is 1. The molecule has 0 aliphatic heterocycles. The van der Waals surface area contributed by atoms with Crippen molar-refractivity contribution in [1.29, 1.82) is 0 Å². The van der Waals surface area contributed by atoms with Crippen molar-refractivity contribution in [2.24, 2.45) is 50.2 Å². The zero-order valence-electron chi connectivity index (χ0n) is 29.0. The molecule has 4 fully saturated rings. The molecule has 1 aromatic carbocycles. The average molecular weight is 633 g/mol. The van der Waals surface area contributed by atoms with Crippen LogP contribution >= 0.6 is 0 Å². The van der Waals surface area contributed by atoms with E-state index in [9.17, 15) is 24.5 Å². The second-order valence-corrected chi connectivity index (χ2v) is 17.4.